The number of aromatic nitrogens is 1. The molecule has 2 aromatic carbocycles. The van der Waals surface area contributed by atoms with Crippen LogP contribution in [0, 0.1) is 6.92 Å². The lowest BCUT2D eigenvalue weighted by Crippen LogP contribution is -2.30. The molecule has 25 heavy (non-hydrogen) atoms. The van der Waals surface area contributed by atoms with Crippen molar-refractivity contribution in [3.8, 4) is 22.4 Å². The molecule has 0 amide bonds. The number of hydrogen-bond donors (Lipinski definition) is 0. The maximum absolute atomic E-state index is 2.42. The van der Waals surface area contributed by atoms with Gasteiger partial charge in [-0.05, 0) is 58.9 Å². The van der Waals surface area contributed by atoms with Gasteiger partial charge in [0.15, 0.2) is 6.20 Å². The van der Waals surface area contributed by atoms with Gasteiger partial charge >= 0.3 is 0 Å². The summed E-state index contributed by atoms with van der Waals surface area (Å²) in [4.78, 5) is 0. The largest absolute Gasteiger partial charge is 0.212 e. The van der Waals surface area contributed by atoms with Crippen molar-refractivity contribution in [3.05, 3.63) is 77.0 Å². The Kier molecular flexibility index (Phi) is 3.57. The van der Waals surface area contributed by atoms with E-state index in [0.29, 0.717) is 0 Å². The number of pyridine rings is 1. The van der Waals surface area contributed by atoms with E-state index >= 15 is 0 Å². The Bertz CT molecular complexity index is 979. The first-order chi connectivity index (χ1) is 12.0. The molecule has 0 unspecified atom stereocenters. The summed E-state index contributed by atoms with van der Waals surface area (Å²) in [6.07, 6.45) is 3.20. The number of fused-ring (bicyclic) bond motifs is 3. The molecule has 126 valence electrons. The summed E-state index contributed by atoms with van der Waals surface area (Å²) < 4.78 is 2.22. The number of aryl methyl sites for hydroxylation is 1. The molecule has 1 nitrogen and oxygen atoms in total. The molecular weight excluding hydrogens is 302 g/mol. The van der Waals surface area contributed by atoms with Gasteiger partial charge in [-0.3, -0.25) is 0 Å². The lowest BCUT2D eigenvalue weighted by molar-refractivity contribution is -0.660. The molecule has 0 saturated carbocycles. The monoisotopic (exact) mass is 328 g/mol. The Balaban J connectivity index is 2.11. The molecule has 0 N–H and O–H groups in total. The van der Waals surface area contributed by atoms with Crippen LogP contribution in [0.3, 0.4) is 0 Å². The van der Waals surface area contributed by atoms with Gasteiger partial charge < -0.3 is 0 Å². The van der Waals surface area contributed by atoms with E-state index in [2.05, 4.69) is 94.0 Å². The zero-order valence-electron chi connectivity index (χ0n) is 15.9. The van der Waals surface area contributed by atoms with Crippen LogP contribution < -0.4 is 4.57 Å². The average molecular weight is 328 g/mol. The summed E-state index contributed by atoms with van der Waals surface area (Å²) in [5.74, 6) is 0. The Morgan fingerprint density at radius 2 is 1.64 bits per heavy atom. The Morgan fingerprint density at radius 1 is 0.920 bits per heavy atom. The summed E-state index contributed by atoms with van der Waals surface area (Å²) in [5.41, 5.74) is 11.4. The van der Waals surface area contributed by atoms with Crippen LogP contribution in [0.4, 0.5) is 0 Å². The number of benzene rings is 2. The number of rotatable bonds is 2. The van der Waals surface area contributed by atoms with Gasteiger partial charge in [0.2, 0.25) is 5.69 Å². The Morgan fingerprint density at radius 3 is 2.36 bits per heavy atom. The van der Waals surface area contributed by atoms with Crippen LogP contribution in [0.25, 0.3) is 22.4 Å². The van der Waals surface area contributed by atoms with Gasteiger partial charge in [-0.2, -0.15) is 0 Å². The first-order valence-corrected chi connectivity index (χ1v) is 9.18. The van der Waals surface area contributed by atoms with Crippen molar-refractivity contribution in [2.45, 2.75) is 39.5 Å². The van der Waals surface area contributed by atoms with E-state index < -0.39 is 0 Å². The normalized spacial score (nSPS) is 14.3. The van der Waals surface area contributed by atoms with Gasteiger partial charge in [-0.15, -0.1) is 0 Å². The van der Waals surface area contributed by atoms with Crippen molar-refractivity contribution < 1.29 is 4.57 Å². The van der Waals surface area contributed by atoms with E-state index in [1.54, 1.807) is 0 Å². The lowest BCUT2D eigenvalue weighted by atomic mass is 9.77. The second kappa shape index (κ2) is 5.56. The van der Waals surface area contributed by atoms with Gasteiger partial charge in [0, 0.05) is 23.1 Å². The van der Waals surface area contributed by atoms with E-state index in [1.165, 1.54) is 44.6 Å². The van der Waals surface area contributed by atoms with Crippen LogP contribution in [0.15, 0.2) is 54.7 Å². The summed E-state index contributed by atoms with van der Waals surface area (Å²) >= 11 is 0. The standard InChI is InChI=1S/C24H26N/c1-6-17-16(2)19(22-13-9-10-14-25(22)5)15-20-18-11-7-8-12-21(18)24(3,4)23(17)20/h7-15H,6H2,1-5H3/q+1. The molecule has 0 fully saturated rings. The fraction of sp³-hybridized carbons (Fsp3) is 0.292. The van der Waals surface area contributed by atoms with Crippen LogP contribution in [0.5, 0.6) is 0 Å². The molecule has 0 radical (unpaired) electrons. The molecule has 0 aliphatic heterocycles. The molecule has 0 saturated heterocycles. The summed E-state index contributed by atoms with van der Waals surface area (Å²) in [5, 5.41) is 0. The van der Waals surface area contributed by atoms with E-state index in [1.807, 2.05) is 0 Å². The number of hydrogen-bond acceptors (Lipinski definition) is 0. The van der Waals surface area contributed by atoms with Crippen LogP contribution in [0.2, 0.25) is 0 Å². The highest BCUT2D eigenvalue weighted by molar-refractivity contribution is 5.86. The number of nitrogens with zero attached hydrogens (tertiary/aromatic N) is 1. The van der Waals surface area contributed by atoms with E-state index in [-0.39, 0.29) is 5.41 Å². The predicted molar refractivity (Wildman–Crippen MR) is 105 cm³/mol. The molecule has 0 atom stereocenters. The summed E-state index contributed by atoms with van der Waals surface area (Å²) in [7, 11) is 2.13. The average Bonchev–Trinajstić information content (AvgIpc) is 2.83. The molecule has 1 heteroatoms. The predicted octanol–water partition coefficient (Wildman–Crippen LogP) is 5.36. The SMILES string of the molecule is CCc1c(C)c(-c2cccc[n+]2C)cc2c1C(C)(C)c1ccccc1-2. The van der Waals surface area contributed by atoms with E-state index in [4.69, 9.17) is 0 Å². The van der Waals surface area contributed by atoms with Gasteiger partial charge in [0.1, 0.15) is 7.05 Å². The van der Waals surface area contributed by atoms with Gasteiger partial charge in [0.25, 0.3) is 0 Å². The third-order valence-electron chi connectivity index (χ3n) is 5.92. The van der Waals surface area contributed by atoms with Crippen molar-refractivity contribution in [3.63, 3.8) is 0 Å². The fourth-order valence-electron chi connectivity index (χ4n) is 4.67. The van der Waals surface area contributed by atoms with Crippen molar-refractivity contribution in [2.24, 2.45) is 7.05 Å². The fourth-order valence-corrected chi connectivity index (χ4v) is 4.67. The minimum Gasteiger partial charge on any atom is -0.201 e. The minimum atomic E-state index is 0.0689. The lowest BCUT2D eigenvalue weighted by Gasteiger charge is -2.26. The summed E-state index contributed by atoms with van der Waals surface area (Å²) in [6.45, 7) is 9.33. The molecule has 1 aliphatic carbocycles. The maximum atomic E-state index is 2.42. The van der Waals surface area contributed by atoms with Crippen molar-refractivity contribution in [1.29, 1.82) is 0 Å². The third kappa shape index (κ3) is 2.18. The molecule has 0 spiro atoms. The van der Waals surface area contributed by atoms with Crippen LogP contribution >= 0.6 is 0 Å². The van der Waals surface area contributed by atoms with Crippen molar-refractivity contribution >= 4 is 0 Å². The zero-order chi connectivity index (χ0) is 17.8. The van der Waals surface area contributed by atoms with E-state index in [9.17, 15) is 0 Å². The topological polar surface area (TPSA) is 3.88 Å². The summed E-state index contributed by atoms with van der Waals surface area (Å²) in [6, 6.07) is 17.8. The van der Waals surface area contributed by atoms with Crippen molar-refractivity contribution in [1.82, 2.24) is 0 Å². The molecule has 4 rings (SSSR count). The van der Waals surface area contributed by atoms with Crippen LogP contribution in [-0.4, -0.2) is 0 Å². The molecule has 0 bridgehead atoms. The van der Waals surface area contributed by atoms with Gasteiger partial charge in [-0.25, -0.2) is 4.57 Å². The third-order valence-corrected chi connectivity index (χ3v) is 5.92. The van der Waals surface area contributed by atoms with Crippen LogP contribution in [0.1, 0.15) is 43.0 Å². The molecule has 3 aromatic rings. The second-order valence-electron chi connectivity index (χ2n) is 7.67. The molecule has 1 aromatic heterocycles. The highest BCUT2D eigenvalue weighted by Crippen LogP contribution is 2.52. The first-order valence-electron chi connectivity index (χ1n) is 9.18. The molecular formula is C24H26N+. The maximum Gasteiger partial charge on any atom is 0.212 e. The minimum absolute atomic E-state index is 0.0689. The smallest absolute Gasteiger partial charge is 0.201 e. The van der Waals surface area contributed by atoms with Crippen LogP contribution in [-0.2, 0) is 18.9 Å². The molecule has 1 heterocycles. The highest BCUT2D eigenvalue weighted by atomic mass is 14.9. The van der Waals surface area contributed by atoms with Gasteiger partial charge in [0.05, 0.1) is 0 Å². The Labute approximate surface area is 151 Å². The van der Waals surface area contributed by atoms with E-state index in [0.717, 1.165) is 6.42 Å². The second-order valence-corrected chi connectivity index (χ2v) is 7.67. The molecule has 1 aliphatic rings. The highest BCUT2D eigenvalue weighted by Gasteiger charge is 2.38. The quantitative estimate of drug-likeness (QED) is 0.558. The zero-order valence-corrected chi connectivity index (χ0v) is 15.9. The Hall–Kier alpha value is -2.41. The first kappa shape index (κ1) is 16.1. The van der Waals surface area contributed by atoms with Gasteiger partial charge in [-0.1, -0.05) is 45.0 Å². The van der Waals surface area contributed by atoms with Crippen molar-refractivity contribution in [2.75, 3.05) is 0 Å².